The van der Waals surface area contributed by atoms with Crippen LogP contribution in [0.3, 0.4) is 0 Å². The van der Waals surface area contributed by atoms with Gasteiger partial charge in [-0.05, 0) is 43.9 Å². The van der Waals surface area contributed by atoms with Crippen LogP contribution < -0.4 is 10.6 Å². The second-order valence-corrected chi connectivity index (χ2v) is 6.37. The Labute approximate surface area is 131 Å². The van der Waals surface area contributed by atoms with Crippen molar-refractivity contribution in [2.24, 2.45) is 0 Å². The van der Waals surface area contributed by atoms with Gasteiger partial charge >= 0.3 is 0 Å². The van der Waals surface area contributed by atoms with Gasteiger partial charge in [-0.15, -0.1) is 0 Å². The molecule has 4 nitrogen and oxygen atoms in total. The van der Waals surface area contributed by atoms with Crippen molar-refractivity contribution in [2.75, 3.05) is 28.7 Å². The van der Waals surface area contributed by atoms with Crippen LogP contribution in [0.15, 0.2) is 24.3 Å². The van der Waals surface area contributed by atoms with Gasteiger partial charge in [-0.1, -0.05) is 19.1 Å². The number of benzene rings is 1. The molecule has 1 unspecified atom stereocenters. The number of thioether (sulfide) groups is 1. The minimum Gasteiger partial charge on any atom is -0.367 e. The van der Waals surface area contributed by atoms with Crippen LogP contribution >= 0.6 is 11.8 Å². The van der Waals surface area contributed by atoms with Crippen molar-refractivity contribution in [3.8, 4) is 0 Å². The molecule has 0 saturated carbocycles. The normalized spacial score (nSPS) is 12.3. The molecular weight excluding hydrogens is 280 g/mol. The van der Waals surface area contributed by atoms with E-state index in [1.54, 1.807) is 0 Å². The summed E-state index contributed by atoms with van der Waals surface area (Å²) in [6.45, 7) is 7.28. The SMILES string of the molecule is CCNc1nc(NC(C)CCSCC)c2ccccc2n1. The van der Waals surface area contributed by atoms with E-state index in [0.717, 1.165) is 29.7 Å². The van der Waals surface area contributed by atoms with Gasteiger partial charge in [0.05, 0.1) is 5.52 Å². The first-order chi connectivity index (χ1) is 10.2. The number of nitrogens with one attached hydrogen (secondary N) is 2. The average Bonchev–Trinajstić information content (AvgIpc) is 2.48. The van der Waals surface area contributed by atoms with Crippen molar-refractivity contribution in [2.45, 2.75) is 33.2 Å². The molecule has 0 aliphatic heterocycles. The van der Waals surface area contributed by atoms with E-state index >= 15 is 0 Å². The molecule has 0 aliphatic rings. The van der Waals surface area contributed by atoms with Gasteiger partial charge in [0, 0.05) is 18.0 Å². The standard InChI is InChI=1S/C16H24N4S/c1-4-17-16-19-14-9-7-6-8-13(14)15(20-16)18-12(3)10-11-21-5-2/h6-9,12H,4-5,10-11H2,1-3H3,(H2,17,18,19,20). The molecule has 1 aromatic carbocycles. The summed E-state index contributed by atoms with van der Waals surface area (Å²) in [5.41, 5.74) is 0.973. The van der Waals surface area contributed by atoms with E-state index in [2.05, 4.69) is 47.4 Å². The monoisotopic (exact) mass is 304 g/mol. The van der Waals surface area contributed by atoms with Gasteiger partial charge < -0.3 is 10.6 Å². The largest absolute Gasteiger partial charge is 0.367 e. The van der Waals surface area contributed by atoms with Gasteiger partial charge in [0.15, 0.2) is 0 Å². The number of para-hydroxylation sites is 1. The van der Waals surface area contributed by atoms with Crippen LogP contribution in [0.25, 0.3) is 10.9 Å². The third-order valence-corrected chi connectivity index (χ3v) is 4.15. The molecule has 0 aliphatic carbocycles. The minimum atomic E-state index is 0.400. The predicted octanol–water partition coefficient (Wildman–Crippen LogP) is 4.01. The van der Waals surface area contributed by atoms with E-state index in [4.69, 9.17) is 0 Å². The lowest BCUT2D eigenvalue weighted by Gasteiger charge is -2.16. The second-order valence-electron chi connectivity index (χ2n) is 4.97. The maximum atomic E-state index is 4.62. The molecule has 0 amide bonds. The van der Waals surface area contributed by atoms with E-state index in [1.165, 1.54) is 11.5 Å². The quantitative estimate of drug-likeness (QED) is 0.722. The van der Waals surface area contributed by atoms with Gasteiger partial charge in [0.2, 0.25) is 5.95 Å². The molecule has 2 rings (SSSR count). The molecule has 1 aromatic heterocycles. The fraction of sp³-hybridized carbons (Fsp3) is 0.500. The maximum Gasteiger partial charge on any atom is 0.225 e. The van der Waals surface area contributed by atoms with Gasteiger partial charge in [0.25, 0.3) is 0 Å². The van der Waals surface area contributed by atoms with Crippen LogP contribution in [-0.2, 0) is 0 Å². The summed E-state index contributed by atoms with van der Waals surface area (Å²) in [5, 5.41) is 7.82. The number of hydrogen-bond donors (Lipinski definition) is 2. The topological polar surface area (TPSA) is 49.8 Å². The number of anilines is 2. The highest BCUT2D eigenvalue weighted by atomic mass is 32.2. The summed E-state index contributed by atoms with van der Waals surface area (Å²) in [6, 6.07) is 8.54. The lowest BCUT2D eigenvalue weighted by atomic mass is 10.2. The van der Waals surface area contributed by atoms with E-state index in [9.17, 15) is 0 Å². The predicted molar refractivity (Wildman–Crippen MR) is 94.4 cm³/mol. The van der Waals surface area contributed by atoms with Crippen molar-refractivity contribution >= 4 is 34.4 Å². The summed E-state index contributed by atoms with van der Waals surface area (Å²) >= 11 is 1.98. The summed E-state index contributed by atoms with van der Waals surface area (Å²) < 4.78 is 0. The highest BCUT2D eigenvalue weighted by Crippen LogP contribution is 2.23. The van der Waals surface area contributed by atoms with Crippen molar-refractivity contribution in [3.05, 3.63) is 24.3 Å². The van der Waals surface area contributed by atoms with Gasteiger partial charge in [-0.3, -0.25) is 0 Å². The smallest absolute Gasteiger partial charge is 0.225 e. The number of nitrogens with zero attached hydrogens (tertiary/aromatic N) is 2. The summed E-state index contributed by atoms with van der Waals surface area (Å²) in [6.07, 6.45) is 1.13. The van der Waals surface area contributed by atoms with Gasteiger partial charge in [-0.2, -0.15) is 16.7 Å². The van der Waals surface area contributed by atoms with Crippen LogP contribution in [0.5, 0.6) is 0 Å². The zero-order chi connectivity index (χ0) is 15.1. The van der Waals surface area contributed by atoms with E-state index < -0.39 is 0 Å². The molecule has 114 valence electrons. The Hall–Kier alpha value is -1.49. The van der Waals surface area contributed by atoms with Crippen molar-refractivity contribution in [1.82, 2.24) is 9.97 Å². The fourth-order valence-corrected chi connectivity index (χ4v) is 2.94. The third kappa shape index (κ3) is 4.49. The first kappa shape index (κ1) is 15.9. The first-order valence-corrected chi connectivity index (χ1v) is 8.75. The van der Waals surface area contributed by atoms with E-state index in [-0.39, 0.29) is 0 Å². The Bertz CT molecular complexity index is 573. The molecule has 0 radical (unpaired) electrons. The van der Waals surface area contributed by atoms with Crippen molar-refractivity contribution in [3.63, 3.8) is 0 Å². The zero-order valence-electron chi connectivity index (χ0n) is 13.0. The molecule has 5 heteroatoms. The maximum absolute atomic E-state index is 4.62. The second kappa shape index (κ2) is 8.08. The number of hydrogen-bond acceptors (Lipinski definition) is 5. The Balaban J connectivity index is 2.20. The Morgan fingerprint density at radius 3 is 2.76 bits per heavy atom. The Kier molecular flexibility index (Phi) is 6.11. The van der Waals surface area contributed by atoms with Crippen LogP contribution in [0.4, 0.5) is 11.8 Å². The third-order valence-electron chi connectivity index (χ3n) is 3.22. The van der Waals surface area contributed by atoms with Crippen LogP contribution in [-0.4, -0.2) is 34.1 Å². The average molecular weight is 304 g/mol. The van der Waals surface area contributed by atoms with Gasteiger partial charge in [0.1, 0.15) is 5.82 Å². The Morgan fingerprint density at radius 2 is 2.00 bits per heavy atom. The molecule has 0 saturated heterocycles. The molecule has 1 atom stereocenters. The zero-order valence-corrected chi connectivity index (χ0v) is 13.8. The Morgan fingerprint density at radius 1 is 1.19 bits per heavy atom. The lowest BCUT2D eigenvalue weighted by Crippen LogP contribution is -2.18. The molecule has 1 heterocycles. The number of aromatic nitrogens is 2. The van der Waals surface area contributed by atoms with E-state index in [0.29, 0.717) is 12.0 Å². The molecular formula is C16H24N4S. The number of rotatable bonds is 8. The highest BCUT2D eigenvalue weighted by molar-refractivity contribution is 7.99. The minimum absolute atomic E-state index is 0.400. The number of fused-ring (bicyclic) bond motifs is 1. The summed E-state index contributed by atoms with van der Waals surface area (Å²) in [4.78, 5) is 9.16. The molecule has 2 N–H and O–H groups in total. The van der Waals surface area contributed by atoms with E-state index in [1.807, 2.05) is 30.0 Å². The highest BCUT2D eigenvalue weighted by Gasteiger charge is 2.09. The molecule has 0 bridgehead atoms. The molecule has 0 spiro atoms. The van der Waals surface area contributed by atoms with Gasteiger partial charge in [-0.25, -0.2) is 4.98 Å². The van der Waals surface area contributed by atoms with Crippen LogP contribution in [0.2, 0.25) is 0 Å². The van der Waals surface area contributed by atoms with Crippen molar-refractivity contribution in [1.29, 1.82) is 0 Å². The summed E-state index contributed by atoms with van der Waals surface area (Å²) in [7, 11) is 0. The lowest BCUT2D eigenvalue weighted by molar-refractivity contribution is 0.767. The van der Waals surface area contributed by atoms with Crippen LogP contribution in [0, 0.1) is 0 Å². The molecule has 21 heavy (non-hydrogen) atoms. The fourth-order valence-electron chi connectivity index (χ4n) is 2.13. The van der Waals surface area contributed by atoms with Crippen molar-refractivity contribution < 1.29 is 0 Å². The first-order valence-electron chi connectivity index (χ1n) is 7.59. The summed E-state index contributed by atoms with van der Waals surface area (Å²) in [5.74, 6) is 3.96. The van der Waals surface area contributed by atoms with Crippen LogP contribution in [0.1, 0.15) is 27.2 Å². The molecule has 2 aromatic rings. The molecule has 0 fully saturated rings.